The van der Waals surface area contributed by atoms with Crippen LogP contribution in [0.15, 0.2) is 30.3 Å². The van der Waals surface area contributed by atoms with Gasteiger partial charge in [-0.25, -0.2) is 0 Å². The minimum absolute atomic E-state index is 0.687. The maximum atomic E-state index is 5.58. The average molecular weight is 260 g/mol. The molecule has 0 aliphatic heterocycles. The van der Waals surface area contributed by atoms with Crippen LogP contribution in [0, 0.1) is 0 Å². The van der Waals surface area contributed by atoms with Crippen LogP contribution in [-0.2, 0) is 5.33 Å². The van der Waals surface area contributed by atoms with Crippen molar-refractivity contribution < 1.29 is 0 Å². The summed E-state index contributed by atoms with van der Waals surface area (Å²) in [6.45, 7) is 0. The minimum atomic E-state index is 0.687. The first-order valence-electron chi connectivity index (χ1n) is 4.25. The van der Waals surface area contributed by atoms with Crippen LogP contribution in [0.3, 0.4) is 0 Å². The van der Waals surface area contributed by atoms with Gasteiger partial charge in [0.25, 0.3) is 0 Å². The van der Waals surface area contributed by atoms with Gasteiger partial charge in [-0.15, -0.1) is 11.6 Å². The second-order valence-electron chi connectivity index (χ2n) is 2.71. The lowest BCUT2D eigenvalue weighted by Crippen LogP contribution is -1.82. The van der Waals surface area contributed by atoms with Crippen LogP contribution in [0.25, 0.3) is 6.08 Å². The Morgan fingerprint density at radius 3 is 2.77 bits per heavy atom. The average Bonchev–Trinajstić information content (AvgIpc) is 2.19. The van der Waals surface area contributed by atoms with Crippen LogP contribution >= 0.6 is 27.5 Å². The van der Waals surface area contributed by atoms with Gasteiger partial charge < -0.3 is 0 Å². The first kappa shape index (κ1) is 10.8. The lowest BCUT2D eigenvalue weighted by molar-refractivity contribution is 1.24. The van der Waals surface area contributed by atoms with Crippen LogP contribution in [-0.4, -0.2) is 5.88 Å². The smallest absolute Gasteiger partial charge is 0.0288 e. The summed E-state index contributed by atoms with van der Waals surface area (Å²) in [7, 11) is 0. The molecular weight excluding hydrogens is 247 g/mol. The molecule has 0 unspecified atom stereocenters. The van der Waals surface area contributed by atoms with E-state index in [4.69, 9.17) is 11.6 Å². The van der Waals surface area contributed by atoms with Gasteiger partial charge in [0.15, 0.2) is 0 Å². The van der Waals surface area contributed by atoms with Crippen molar-refractivity contribution in [3.8, 4) is 0 Å². The van der Waals surface area contributed by atoms with Crippen molar-refractivity contribution >= 4 is 33.6 Å². The zero-order valence-electron chi connectivity index (χ0n) is 7.34. The Morgan fingerprint density at radius 2 is 2.08 bits per heavy atom. The third-order valence-electron chi connectivity index (χ3n) is 1.77. The van der Waals surface area contributed by atoms with E-state index < -0.39 is 0 Å². The second kappa shape index (κ2) is 6.22. The van der Waals surface area contributed by atoms with Gasteiger partial charge in [-0.05, 0) is 17.5 Å². The molecule has 0 saturated heterocycles. The summed E-state index contributed by atoms with van der Waals surface area (Å²) in [6, 6.07) is 8.33. The summed E-state index contributed by atoms with van der Waals surface area (Å²) in [5.74, 6) is 0.687. The Hall–Kier alpha value is -0.270. The molecule has 0 fully saturated rings. The molecule has 0 atom stereocenters. The van der Waals surface area contributed by atoms with Gasteiger partial charge >= 0.3 is 0 Å². The molecule has 1 aromatic carbocycles. The summed E-state index contributed by atoms with van der Waals surface area (Å²) in [6.07, 6.45) is 5.16. The fourth-order valence-corrected chi connectivity index (χ4v) is 1.73. The van der Waals surface area contributed by atoms with E-state index in [2.05, 4.69) is 46.3 Å². The van der Waals surface area contributed by atoms with E-state index in [0.717, 1.165) is 11.8 Å². The van der Waals surface area contributed by atoms with Gasteiger partial charge in [0.05, 0.1) is 0 Å². The Kier molecular flexibility index (Phi) is 5.18. The number of halogens is 2. The molecule has 0 aliphatic carbocycles. The molecule has 0 heterocycles. The quantitative estimate of drug-likeness (QED) is 0.710. The normalized spacial score (nSPS) is 10.9. The van der Waals surface area contributed by atoms with Crippen molar-refractivity contribution in [2.24, 2.45) is 0 Å². The molecule has 2 heteroatoms. The molecule has 0 aromatic heterocycles. The fourth-order valence-electron chi connectivity index (χ4n) is 1.09. The van der Waals surface area contributed by atoms with E-state index in [0.29, 0.717) is 5.88 Å². The second-order valence-corrected chi connectivity index (χ2v) is 3.65. The monoisotopic (exact) mass is 258 g/mol. The standard InChI is InChI=1S/C11H12BrCl/c12-9-11-7-2-1-5-10(11)6-3-4-8-13/h1-3,5-7H,4,8-9H2. The predicted octanol–water partition coefficient (Wildman–Crippen LogP) is 4.22. The molecule has 1 aromatic rings. The topological polar surface area (TPSA) is 0 Å². The van der Waals surface area contributed by atoms with E-state index in [1.807, 2.05) is 6.07 Å². The van der Waals surface area contributed by atoms with Crippen LogP contribution in [0.5, 0.6) is 0 Å². The highest BCUT2D eigenvalue weighted by molar-refractivity contribution is 9.08. The van der Waals surface area contributed by atoms with Crippen molar-refractivity contribution in [1.29, 1.82) is 0 Å². The van der Waals surface area contributed by atoms with Crippen molar-refractivity contribution in [2.75, 3.05) is 5.88 Å². The highest BCUT2D eigenvalue weighted by Gasteiger charge is 1.94. The Labute approximate surface area is 92.7 Å². The summed E-state index contributed by atoms with van der Waals surface area (Å²) < 4.78 is 0. The van der Waals surface area contributed by atoms with Crippen LogP contribution in [0.4, 0.5) is 0 Å². The molecule has 0 aliphatic rings. The number of alkyl halides is 2. The number of allylic oxidation sites excluding steroid dienone is 1. The first-order chi connectivity index (χ1) is 6.38. The van der Waals surface area contributed by atoms with Gasteiger partial charge in [0, 0.05) is 11.2 Å². The Morgan fingerprint density at radius 1 is 1.31 bits per heavy atom. The fraction of sp³-hybridized carbons (Fsp3) is 0.273. The molecule has 0 radical (unpaired) electrons. The van der Waals surface area contributed by atoms with Crippen molar-refractivity contribution in [2.45, 2.75) is 11.8 Å². The first-order valence-corrected chi connectivity index (χ1v) is 5.90. The molecule has 13 heavy (non-hydrogen) atoms. The van der Waals surface area contributed by atoms with Gasteiger partial charge in [0.2, 0.25) is 0 Å². The summed E-state index contributed by atoms with van der Waals surface area (Å²) in [5, 5.41) is 0.897. The van der Waals surface area contributed by atoms with Gasteiger partial charge in [0.1, 0.15) is 0 Å². The molecule has 0 spiro atoms. The Bertz CT molecular complexity index is 281. The highest BCUT2D eigenvalue weighted by Crippen LogP contribution is 2.14. The minimum Gasteiger partial charge on any atom is -0.126 e. The van der Waals surface area contributed by atoms with Crippen molar-refractivity contribution in [3.63, 3.8) is 0 Å². The highest BCUT2D eigenvalue weighted by atomic mass is 79.9. The molecule has 70 valence electrons. The van der Waals surface area contributed by atoms with E-state index in [9.17, 15) is 0 Å². The van der Waals surface area contributed by atoms with Crippen LogP contribution < -0.4 is 0 Å². The maximum Gasteiger partial charge on any atom is 0.0288 e. The molecule has 0 nitrogen and oxygen atoms in total. The third-order valence-corrected chi connectivity index (χ3v) is 2.59. The number of hydrogen-bond acceptors (Lipinski definition) is 0. The van der Waals surface area contributed by atoms with Gasteiger partial charge in [-0.3, -0.25) is 0 Å². The molecule has 1 rings (SSSR count). The summed E-state index contributed by atoms with van der Waals surface area (Å²) in [5.41, 5.74) is 2.58. The SMILES string of the molecule is ClCCC=Cc1ccccc1CBr. The number of hydrogen-bond donors (Lipinski definition) is 0. The maximum absolute atomic E-state index is 5.58. The molecule has 0 N–H and O–H groups in total. The zero-order valence-corrected chi connectivity index (χ0v) is 9.68. The number of benzene rings is 1. The number of rotatable bonds is 4. The lowest BCUT2D eigenvalue weighted by Gasteiger charge is -2.00. The van der Waals surface area contributed by atoms with Crippen molar-refractivity contribution in [1.82, 2.24) is 0 Å². The summed E-state index contributed by atoms with van der Waals surface area (Å²) in [4.78, 5) is 0. The van der Waals surface area contributed by atoms with Crippen LogP contribution in [0.1, 0.15) is 17.5 Å². The van der Waals surface area contributed by atoms with E-state index in [-0.39, 0.29) is 0 Å². The van der Waals surface area contributed by atoms with E-state index >= 15 is 0 Å². The summed E-state index contributed by atoms with van der Waals surface area (Å²) >= 11 is 9.04. The Balaban J connectivity index is 2.74. The zero-order chi connectivity index (χ0) is 9.52. The van der Waals surface area contributed by atoms with E-state index in [1.165, 1.54) is 11.1 Å². The van der Waals surface area contributed by atoms with Gasteiger partial charge in [-0.2, -0.15) is 0 Å². The largest absolute Gasteiger partial charge is 0.126 e. The molecule has 0 saturated carbocycles. The molecular formula is C11H12BrCl. The van der Waals surface area contributed by atoms with Gasteiger partial charge in [-0.1, -0.05) is 52.3 Å². The van der Waals surface area contributed by atoms with Crippen LogP contribution in [0.2, 0.25) is 0 Å². The van der Waals surface area contributed by atoms with E-state index in [1.54, 1.807) is 0 Å². The lowest BCUT2D eigenvalue weighted by atomic mass is 10.1. The molecule has 0 amide bonds. The predicted molar refractivity (Wildman–Crippen MR) is 63.4 cm³/mol. The third kappa shape index (κ3) is 3.53. The van der Waals surface area contributed by atoms with Crippen molar-refractivity contribution in [3.05, 3.63) is 41.5 Å². The molecule has 0 bridgehead atoms.